The molecule has 0 aromatic heterocycles. The predicted molar refractivity (Wildman–Crippen MR) is 94.3 cm³/mol. The fourth-order valence-electron chi connectivity index (χ4n) is 3.42. The van der Waals surface area contributed by atoms with Gasteiger partial charge in [0.2, 0.25) is 0 Å². The number of allylic oxidation sites excluding steroid dienone is 3. The Kier molecular flexibility index (Phi) is 5.55. The smallest absolute Gasteiger partial charge is 0.105 e. The summed E-state index contributed by atoms with van der Waals surface area (Å²) in [6.07, 6.45) is 10.3. The van der Waals surface area contributed by atoms with Crippen LogP contribution < -0.4 is 0 Å². The van der Waals surface area contributed by atoms with Gasteiger partial charge in [0, 0.05) is 0 Å². The Morgan fingerprint density at radius 3 is 2.48 bits per heavy atom. The number of hydrogen-bond acceptors (Lipinski definition) is 3. The van der Waals surface area contributed by atoms with E-state index in [1.165, 1.54) is 11.1 Å². The molecular weight excluding hydrogens is 288 g/mol. The molecule has 2 aliphatic rings. The first-order valence-corrected chi connectivity index (χ1v) is 8.73. The van der Waals surface area contributed by atoms with E-state index in [0.29, 0.717) is 6.42 Å². The van der Waals surface area contributed by atoms with Crippen molar-refractivity contribution < 1.29 is 14.9 Å². The van der Waals surface area contributed by atoms with Crippen LogP contribution in [-0.4, -0.2) is 33.6 Å². The van der Waals surface area contributed by atoms with Crippen molar-refractivity contribution >= 4 is 0 Å². The Balaban J connectivity index is 2.32. The van der Waals surface area contributed by atoms with Crippen LogP contribution in [0.5, 0.6) is 0 Å². The molecule has 3 nitrogen and oxygen atoms in total. The number of hydrogen-bond donors (Lipinski definition) is 2. The minimum absolute atomic E-state index is 0.155. The zero-order valence-electron chi connectivity index (χ0n) is 15.2. The van der Waals surface area contributed by atoms with Gasteiger partial charge in [-0.15, -0.1) is 0 Å². The molecule has 0 aromatic carbocycles. The van der Waals surface area contributed by atoms with Gasteiger partial charge in [-0.1, -0.05) is 23.3 Å². The minimum Gasteiger partial charge on any atom is -0.387 e. The molecule has 0 fully saturated rings. The quantitative estimate of drug-likeness (QED) is 0.716. The minimum atomic E-state index is -0.927. The lowest BCUT2D eigenvalue weighted by Gasteiger charge is -2.30. The normalized spacial score (nSPS) is 38.3. The molecule has 0 spiro atoms. The average molecular weight is 320 g/mol. The van der Waals surface area contributed by atoms with Crippen LogP contribution in [0.15, 0.2) is 34.9 Å². The SMILES string of the molecule is C/C1=C\CC[C@@](C)(O)[C@H]2C=C(C(C)(C)O)[C@H](C/C(C)=C/CC1)O2. The summed E-state index contributed by atoms with van der Waals surface area (Å²) in [5.41, 5.74) is 1.69. The number of ether oxygens (including phenoxy) is 1. The molecule has 3 heteroatoms. The second-order valence-corrected chi connectivity index (χ2v) is 7.97. The molecule has 2 heterocycles. The maximum atomic E-state index is 10.9. The number of fused-ring (bicyclic) bond motifs is 2. The number of aliphatic hydroxyl groups is 2. The average Bonchev–Trinajstić information content (AvgIpc) is 2.82. The summed E-state index contributed by atoms with van der Waals surface area (Å²) < 4.78 is 6.16. The highest BCUT2D eigenvalue weighted by Crippen LogP contribution is 2.37. The van der Waals surface area contributed by atoms with E-state index < -0.39 is 11.2 Å². The summed E-state index contributed by atoms with van der Waals surface area (Å²) in [4.78, 5) is 0. The molecule has 0 aliphatic carbocycles. The van der Waals surface area contributed by atoms with E-state index in [-0.39, 0.29) is 12.2 Å². The van der Waals surface area contributed by atoms with E-state index >= 15 is 0 Å². The lowest BCUT2D eigenvalue weighted by molar-refractivity contribution is -0.0883. The molecular formula is C20H32O3. The second-order valence-electron chi connectivity index (χ2n) is 7.97. The van der Waals surface area contributed by atoms with Crippen molar-refractivity contribution in [1.29, 1.82) is 0 Å². The summed E-state index contributed by atoms with van der Waals surface area (Å²) >= 11 is 0. The molecule has 0 amide bonds. The molecule has 2 aliphatic heterocycles. The van der Waals surface area contributed by atoms with Crippen molar-refractivity contribution in [3.8, 4) is 0 Å². The molecule has 2 N–H and O–H groups in total. The van der Waals surface area contributed by atoms with E-state index in [9.17, 15) is 10.2 Å². The molecule has 2 bridgehead atoms. The van der Waals surface area contributed by atoms with Crippen molar-refractivity contribution in [2.45, 2.75) is 90.1 Å². The highest BCUT2D eigenvalue weighted by molar-refractivity contribution is 5.28. The van der Waals surface area contributed by atoms with Gasteiger partial charge in [0.1, 0.15) is 6.10 Å². The molecule has 3 atom stereocenters. The van der Waals surface area contributed by atoms with Crippen molar-refractivity contribution in [1.82, 2.24) is 0 Å². The van der Waals surface area contributed by atoms with Crippen LogP contribution in [0, 0.1) is 0 Å². The summed E-state index contributed by atoms with van der Waals surface area (Å²) in [5.74, 6) is 0. The lowest BCUT2D eigenvalue weighted by atomic mass is 9.87. The van der Waals surface area contributed by atoms with Gasteiger partial charge in [0.05, 0.1) is 17.3 Å². The van der Waals surface area contributed by atoms with Gasteiger partial charge >= 0.3 is 0 Å². The Morgan fingerprint density at radius 2 is 1.83 bits per heavy atom. The monoisotopic (exact) mass is 320 g/mol. The van der Waals surface area contributed by atoms with Crippen LogP contribution in [0.2, 0.25) is 0 Å². The van der Waals surface area contributed by atoms with Gasteiger partial charge < -0.3 is 14.9 Å². The molecule has 0 saturated heterocycles. The Bertz CT molecular complexity index is 517. The van der Waals surface area contributed by atoms with Gasteiger partial charge in [-0.2, -0.15) is 0 Å². The van der Waals surface area contributed by atoms with Crippen LogP contribution >= 0.6 is 0 Å². The maximum absolute atomic E-state index is 10.9. The van der Waals surface area contributed by atoms with E-state index in [0.717, 1.165) is 31.3 Å². The van der Waals surface area contributed by atoms with E-state index in [4.69, 9.17) is 4.74 Å². The van der Waals surface area contributed by atoms with Crippen LogP contribution in [-0.2, 0) is 4.74 Å². The van der Waals surface area contributed by atoms with Crippen LogP contribution in [0.1, 0.15) is 66.7 Å². The first kappa shape index (κ1) is 18.4. The predicted octanol–water partition coefficient (Wildman–Crippen LogP) is 4.06. The Labute approximate surface area is 140 Å². The van der Waals surface area contributed by atoms with Gasteiger partial charge in [-0.05, 0) is 78.4 Å². The van der Waals surface area contributed by atoms with E-state index in [1.54, 1.807) is 13.8 Å². The first-order chi connectivity index (χ1) is 10.6. The summed E-state index contributed by atoms with van der Waals surface area (Å²) in [6, 6.07) is 0. The molecule has 23 heavy (non-hydrogen) atoms. The first-order valence-electron chi connectivity index (χ1n) is 8.73. The second kappa shape index (κ2) is 6.92. The molecule has 2 rings (SSSR count). The van der Waals surface area contributed by atoms with Crippen molar-refractivity contribution in [2.24, 2.45) is 0 Å². The molecule has 0 aromatic rings. The molecule has 0 radical (unpaired) electrons. The molecule has 0 saturated carbocycles. The van der Waals surface area contributed by atoms with Crippen molar-refractivity contribution in [2.75, 3.05) is 0 Å². The summed E-state index contributed by atoms with van der Waals surface area (Å²) in [7, 11) is 0. The highest BCUT2D eigenvalue weighted by Gasteiger charge is 2.42. The fourth-order valence-corrected chi connectivity index (χ4v) is 3.42. The molecule has 0 unspecified atom stereocenters. The van der Waals surface area contributed by atoms with Gasteiger partial charge in [-0.3, -0.25) is 0 Å². The summed E-state index contributed by atoms with van der Waals surface area (Å²) in [6.45, 7) is 9.70. The van der Waals surface area contributed by atoms with Crippen LogP contribution in [0.4, 0.5) is 0 Å². The van der Waals surface area contributed by atoms with Crippen molar-refractivity contribution in [3.63, 3.8) is 0 Å². The van der Waals surface area contributed by atoms with Gasteiger partial charge in [0.15, 0.2) is 0 Å². The van der Waals surface area contributed by atoms with E-state index in [1.807, 2.05) is 13.0 Å². The third kappa shape index (κ3) is 4.79. The third-order valence-electron chi connectivity index (χ3n) is 4.99. The lowest BCUT2D eigenvalue weighted by Crippen LogP contribution is -2.39. The van der Waals surface area contributed by atoms with Gasteiger partial charge in [0.25, 0.3) is 0 Å². The maximum Gasteiger partial charge on any atom is 0.105 e. The largest absolute Gasteiger partial charge is 0.387 e. The van der Waals surface area contributed by atoms with Crippen LogP contribution in [0.25, 0.3) is 0 Å². The summed E-state index contributed by atoms with van der Waals surface area (Å²) in [5, 5.41) is 21.3. The Hall–Kier alpha value is -0.900. The topological polar surface area (TPSA) is 49.7 Å². The fraction of sp³-hybridized carbons (Fsp3) is 0.700. The Morgan fingerprint density at radius 1 is 1.17 bits per heavy atom. The highest BCUT2D eigenvalue weighted by atomic mass is 16.5. The molecule has 130 valence electrons. The van der Waals surface area contributed by atoms with Gasteiger partial charge in [-0.25, -0.2) is 0 Å². The third-order valence-corrected chi connectivity index (χ3v) is 4.99. The van der Waals surface area contributed by atoms with Crippen LogP contribution in [0.3, 0.4) is 0 Å². The standard InChI is InChI=1S/C20H32O3/c1-14-8-6-9-15(2)12-17-16(19(3,4)21)13-18(23-17)20(5,22)11-7-10-14/h9-10,13,17-18,21-22H,6-8,11-12H2,1-5H3/b14-10+,15-9+/t17-,18+,20+/m0/s1. The zero-order valence-corrected chi connectivity index (χ0v) is 15.2. The van der Waals surface area contributed by atoms with Crippen molar-refractivity contribution in [3.05, 3.63) is 34.9 Å². The van der Waals surface area contributed by atoms with E-state index in [2.05, 4.69) is 26.0 Å². The number of rotatable bonds is 1. The zero-order chi connectivity index (χ0) is 17.3.